The lowest BCUT2D eigenvalue weighted by Crippen LogP contribution is -2.42. The Balaban J connectivity index is 0.00000243. The van der Waals surface area contributed by atoms with Crippen molar-refractivity contribution in [3.05, 3.63) is 29.8 Å². The summed E-state index contributed by atoms with van der Waals surface area (Å²) < 4.78 is 0. The SMILES string of the molecule is CCN1CCCC1CNC(N)=NCc1ccc(N2CCSCC2)cc1.I. The number of likely N-dealkylation sites (N-methyl/N-ethyl adjacent to an activating group) is 1. The number of benzene rings is 1. The molecule has 0 amide bonds. The van der Waals surface area contributed by atoms with Crippen LogP contribution in [0.3, 0.4) is 0 Å². The van der Waals surface area contributed by atoms with E-state index in [2.05, 4.69) is 51.3 Å². The van der Waals surface area contributed by atoms with Gasteiger partial charge in [0.2, 0.25) is 0 Å². The van der Waals surface area contributed by atoms with Crippen molar-refractivity contribution in [1.29, 1.82) is 0 Å². The molecular formula is C19H32IN5S. The van der Waals surface area contributed by atoms with E-state index >= 15 is 0 Å². The highest BCUT2D eigenvalue weighted by atomic mass is 127. The van der Waals surface area contributed by atoms with Crippen molar-refractivity contribution in [2.24, 2.45) is 10.7 Å². The number of nitrogens with two attached hydrogens (primary N) is 1. The third kappa shape index (κ3) is 6.20. The maximum Gasteiger partial charge on any atom is 0.188 e. The molecule has 3 N–H and O–H groups in total. The van der Waals surface area contributed by atoms with Crippen LogP contribution in [-0.4, -0.2) is 61.1 Å². The summed E-state index contributed by atoms with van der Waals surface area (Å²) >= 11 is 2.04. The van der Waals surface area contributed by atoms with Gasteiger partial charge in [-0.05, 0) is 43.6 Å². The van der Waals surface area contributed by atoms with E-state index in [-0.39, 0.29) is 24.0 Å². The molecule has 3 rings (SSSR count). The third-order valence-electron chi connectivity index (χ3n) is 5.17. The molecule has 7 heteroatoms. The number of hydrogen-bond donors (Lipinski definition) is 2. The van der Waals surface area contributed by atoms with Gasteiger partial charge in [-0.25, -0.2) is 4.99 Å². The molecule has 0 saturated carbocycles. The maximum atomic E-state index is 6.04. The lowest BCUT2D eigenvalue weighted by molar-refractivity contribution is 0.267. The number of anilines is 1. The van der Waals surface area contributed by atoms with E-state index in [4.69, 9.17) is 5.73 Å². The number of halogens is 1. The summed E-state index contributed by atoms with van der Waals surface area (Å²) in [7, 11) is 0. The molecule has 146 valence electrons. The summed E-state index contributed by atoms with van der Waals surface area (Å²) in [5.74, 6) is 3.01. The maximum absolute atomic E-state index is 6.04. The quantitative estimate of drug-likeness (QED) is 0.366. The highest BCUT2D eigenvalue weighted by Crippen LogP contribution is 2.20. The number of nitrogens with zero attached hydrogens (tertiary/aromatic N) is 3. The van der Waals surface area contributed by atoms with Crippen LogP contribution in [0.25, 0.3) is 0 Å². The van der Waals surface area contributed by atoms with E-state index in [0.29, 0.717) is 18.5 Å². The van der Waals surface area contributed by atoms with Gasteiger partial charge in [-0.2, -0.15) is 11.8 Å². The van der Waals surface area contributed by atoms with Crippen LogP contribution in [0.5, 0.6) is 0 Å². The smallest absolute Gasteiger partial charge is 0.188 e. The lowest BCUT2D eigenvalue weighted by atomic mass is 10.2. The zero-order chi connectivity index (χ0) is 17.5. The van der Waals surface area contributed by atoms with Crippen molar-refractivity contribution < 1.29 is 0 Å². The second-order valence-electron chi connectivity index (χ2n) is 6.77. The zero-order valence-corrected chi connectivity index (χ0v) is 18.8. The van der Waals surface area contributed by atoms with Crippen molar-refractivity contribution >= 4 is 47.4 Å². The zero-order valence-electron chi connectivity index (χ0n) is 15.7. The Labute approximate surface area is 179 Å². The average molecular weight is 489 g/mol. The van der Waals surface area contributed by atoms with Crippen molar-refractivity contribution in [3.63, 3.8) is 0 Å². The molecule has 0 bridgehead atoms. The molecule has 0 aliphatic carbocycles. The van der Waals surface area contributed by atoms with Crippen molar-refractivity contribution in [2.75, 3.05) is 49.1 Å². The summed E-state index contributed by atoms with van der Waals surface area (Å²) in [6, 6.07) is 9.36. The number of guanidine groups is 1. The molecular weight excluding hydrogens is 457 g/mol. The second-order valence-corrected chi connectivity index (χ2v) is 8.00. The van der Waals surface area contributed by atoms with Crippen LogP contribution < -0.4 is 16.0 Å². The normalized spacial score (nSPS) is 21.5. The minimum absolute atomic E-state index is 0. The van der Waals surface area contributed by atoms with Gasteiger partial charge in [0, 0.05) is 42.9 Å². The van der Waals surface area contributed by atoms with E-state index in [9.17, 15) is 0 Å². The molecule has 1 aromatic rings. The fourth-order valence-electron chi connectivity index (χ4n) is 3.63. The number of hydrogen-bond acceptors (Lipinski definition) is 4. The predicted octanol–water partition coefficient (Wildman–Crippen LogP) is 2.75. The summed E-state index contributed by atoms with van der Waals surface area (Å²) in [5, 5.41) is 3.30. The van der Waals surface area contributed by atoms with Crippen LogP contribution >= 0.6 is 35.7 Å². The van der Waals surface area contributed by atoms with E-state index in [1.54, 1.807) is 0 Å². The van der Waals surface area contributed by atoms with Gasteiger partial charge < -0.3 is 16.0 Å². The van der Waals surface area contributed by atoms with Gasteiger partial charge >= 0.3 is 0 Å². The van der Waals surface area contributed by atoms with Crippen LogP contribution in [0.15, 0.2) is 29.3 Å². The van der Waals surface area contributed by atoms with Gasteiger partial charge in [0.05, 0.1) is 6.54 Å². The standard InChI is InChI=1S/C19H31N5S.HI/c1-2-23-9-3-4-18(23)15-22-19(20)21-14-16-5-7-17(8-6-16)24-10-12-25-13-11-24;/h5-8,18H,2-4,9-15H2,1H3,(H3,20,21,22);1H. The van der Waals surface area contributed by atoms with Crippen LogP contribution in [0, 0.1) is 0 Å². The number of rotatable bonds is 6. The van der Waals surface area contributed by atoms with Gasteiger partial charge in [0.15, 0.2) is 5.96 Å². The van der Waals surface area contributed by atoms with Gasteiger partial charge in [-0.3, -0.25) is 4.90 Å². The minimum Gasteiger partial charge on any atom is -0.370 e. The molecule has 2 aliphatic rings. The van der Waals surface area contributed by atoms with Gasteiger partial charge in [-0.15, -0.1) is 24.0 Å². The first-order valence-corrected chi connectivity index (χ1v) is 10.6. The topological polar surface area (TPSA) is 56.9 Å². The van der Waals surface area contributed by atoms with Gasteiger partial charge in [-0.1, -0.05) is 19.1 Å². The van der Waals surface area contributed by atoms with E-state index in [1.807, 2.05) is 11.8 Å². The third-order valence-corrected chi connectivity index (χ3v) is 6.11. The van der Waals surface area contributed by atoms with Crippen molar-refractivity contribution in [1.82, 2.24) is 10.2 Å². The first kappa shape index (κ1) is 21.6. The van der Waals surface area contributed by atoms with E-state index in [1.165, 1.54) is 42.1 Å². The number of likely N-dealkylation sites (tertiary alicyclic amines) is 1. The molecule has 0 radical (unpaired) electrons. The summed E-state index contributed by atoms with van der Waals surface area (Å²) in [6.07, 6.45) is 2.55. The van der Waals surface area contributed by atoms with Crippen LogP contribution in [0.4, 0.5) is 5.69 Å². The summed E-state index contributed by atoms with van der Waals surface area (Å²) in [6.45, 7) is 8.38. The van der Waals surface area contributed by atoms with Crippen LogP contribution in [0.1, 0.15) is 25.3 Å². The van der Waals surface area contributed by atoms with Crippen molar-refractivity contribution in [3.8, 4) is 0 Å². The summed E-state index contributed by atoms with van der Waals surface area (Å²) in [5.41, 5.74) is 8.57. The molecule has 2 aliphatic heterocycles. The Bertz CT molecular complexity index is 560. The van der Waals surface area contributed by atoms with Crippen LogP contribution in [-0.2, 0) is 6.54 Å². The Morgan fingerprint density at radius 2 is 1.96 bits per heavy atom. The summed E-state index contributed by atoms with van der Waals surface area (Å²) in [4.78, 5) is 9.47. The number of nitrogens with one attached hydrogen (secondary N) is 1. The fourth-order valence-corrected chi connectivity index (χ4v) is 4.53. The highest BCUT2D eigenvalue weighted by Gasteiger charge is 2.22. The van der Waals surface area contributed by atoms with Crippen LogP contribution in [0.2, 0.25) is 0 Å². The predicted molar refractivity (Wildman–Crippen MR) is 125 cm³/mol. The van der Waals surface area contributed by atoms with Crippen molar-refractivity contribution in [2.45, 2.75) is 32.4 Å². The number of thioether (sulfide) groups is 1. The fraction of sp³-hybridized carbons (Fsp3) is 0.632. The Hall–Kier alpha value is -0.670. The Morgan fingerprint density at radius 3 is 2.65 bits per heavy atom. The molecule has 26 heavy (non-hydrogen) atoms. The van der Waals surface area contributed by atoms with Gasteiger partial charge in [0.1, 0.15) is 0 Å². The molecule has 2 fully saturated rings. The average Bonchev–Trinajstić information content (AvgIpc) is 3.13. The van der Waals surface area contributed by atoms with E-state index < -0.39 is 0 Å². The molecule has 1 aromatic carbocycles. The molecule has 0 spiro atoms. The van der Waals surface area contributed by atoms with Gasteiger partial charge in [0.25, 0.3) is 0 Å². The first-order valence-electron chi connectivity index (χ1n) is 9.45. The first-order chi connectivity index (χ1) is 12.3. The second kappa shape index (κ2) is 11.2. The molecule has 1 unspecified atom stereocenters. The molecule has 1 atom stereocenters. The Kier molecular flexibility index (Phi) is 9.35. The number of aliphatic imine (C=N–C) groups is 1. The minimum atomic E-state index is 0. The highest BCUT2D eigenvalue weighted by molar-refractivity contribution is 14.0. The molecule has 2 saturated heterocycles. The Morgan fingerprint density at radius 1 is 1.23 bits per heavy atom. The lowest BCUT2D eigenvalue weighted by Gasteiger charge is -2.28. The van der Waals surface area contributed by atoms with E-state index in [0.717, 1.165) is 26.2 Å². The monoisotopic (exact) mass is 489 g/mol. The molecule has 5 nitrogen and oxygen atoms in total. The molecule has 2 heterocycles. The largest absolute Gasteiger partial charge is 0.370 e. The molecule has 0 aromatic heterocycles.